The molecule has 0 unspecified atom stereocenters. The summed E-state index contributed by atoms with van der Waals surface area (Å²) in [7, 11) is -3.09. The van der Waals surface area contributed by atoms with Gasteiger partial charge in [0.15, 0.2) is 0 Å². The van der Waals surface area contributed by atoms with Gasteiger partial charge in [0.2, 0.25) is 10.0 Å². The van der Waals surface area contributed by atoms with Crippen LogP contribution in [-0.4, -0.2) is 54.5 Å². The molecule has 1 fully saturated rings. The molecular formula is C18H24ClN3O2S2. The predicted octanol–water partition coefficient (Wildman–Crippen LogP) is 3.71. The Bertz CT molecular complexity index is 813. The molecule has 0 radical (unpaired) electrons. The highest BCUT2D eigenvalue weighted by Gasteiger charge is 2.26. The van der Waals surface area contributed by atoms with Gasteiger partial charge in [-0.15, -0.1) is 11.3 Å². The van der Waals surface area contributed by atoms with Gasteiger partial charge in [-0.1, -0.05) is 37.1 Å². The molecule has 0 aliphatic carbocycles. The van der Waals surface area contributed by atoms with E-state index in [-0.39, 0.29) is 5.75 Å². The van der Waals surface area contributed by atoms with E-state index < -0.39 is 10.0 Å². The smallest absolute Gasteiger partial charge is 0.214 e. The SMILES string of the molecule is CCCCS(=O)(=O)N1CCN(Cc2nc(-c3ccc(Cl)cc3)cs2)CC1. The molecule has 3 rings (SSSR count). The monoisotopic (exact) mass is 413 g/mol. The number of benzene rings is 1. The van der Waals surface area contributed by atoms with Gasteiger partial charge < -0.3 is 0 Å². The van der Waals surface area contributed by atoms with E-state index in [1.807, 2.05) is 31.2 Å². The number of thiazole rings is 1. The molecule has 1 aliphatic heterocycles. The second kappa shape index (κ2) is 8.80. The maximum Gasteiger partial charge on any atom is 0.214 e. The largest absolute Gasteiger partial charge is 0.294 e. The van der Waals surface area contributed by atoms with E-state index in [1.165, 1.54) is 0 Å². The van der Waals surface area contributed by atoms with Crippen molar-refractivity contribution in [1.29, 1.82) is 0 Å². The molecule has 1 aromatic carbocycles. The third-order valence-electron chi connectivity index (χ3n) is 4.53. The fourth-order valence-corrected chi connectivity index (χ4v) is 5.55. The molecule has 1 aliphatic rings. The van der Waals surface area contributed by atoms with Crippen molar-refractivity contribution in [2.24, 2.45) is 0 Å². The van der Waals surface area contributed by atoms with Crippen LogP contribution in [-0.2, 0) is 16.6 Å². The molecule has 0 bridgehead atoms. The second-order valence-electron chi connectivity index (χ2n) is 6.48. The Morgan fingerprint density at radius 1 is 1.15 bits per heavy atom. The van der Waals surface area contributed by atoms with Crippen molar-refractivity contribution in [3.8, 4) is 11.3 Å². The predicted molar refractivity (Wildman–Crippen MR) is 108 cm³/mol. The maximum absolute atomic E-state index is 12.3. The van der Waals surface area contributed by atoms with Crippen LogP contribution >= 0.6 is 22.9 Å². The zero-order valence-corrected chi connectivity index (χ0v) is 17.3. The standard InChI is InChI=1S/C18H24ClN3O2S2/c1-2-3-12-26(23,24)22-10-8-21(9-11-22)13-18-20-17(14-25-18)15-4-6-16(19)7-5-15/h4-7,14H,2-3,8-13H2,1H3. The van der Waals surface area contributed by atoms with Crippen LogP contribution in [0, 0.1) is 0 Å². The highest BCUT2D eigenvalue weighted by molar-refractivity contribution is 7.89. The number of aromatic nitrogens is 1. The number of halogens is 1. The number of rotatable bonds is 7. The number of piperazine rings is 1. The van der Waals surface area contributed by atoms with Gasteiger partial charge in [-0.25, -0.2) is 13.4 Å². The molecule has 1 aromatic heterocycles. The second-order valence-corrected chi connectivity index (χ2v) is 9.95. The third kappa shape index (κ3) is 5.04. The summed E-state index contributed by atoms with van der Waals surface area (Å²) in [6.07, 6.45) is 1.63. The lowest BCUT2D eigenvalue weighted by atomic mass is 10.2. The van der Waals surface area contributed by atoms with E-state index >= 15 is 0 Å². The van der Waals surface area contributed by atoms with E-state index in [0.29, 0.717) is 13.1 Å². The van der Waals surface area contributed by atoms with Crippen molar-refractivity contribution in [1.82, 2.24) is 14.2 Å². The first kappa shape index (κ1) is 19.8. The molecule has 5 nitrogen and oxygen atoms in total. The van der Waals surface area contributed by atoms with Crippen LogP contribution in [0.3, 0.4) is 0 Å². The number of nitrogens with zero attached hydrogens (tertiary/aromatic N) is 3. The van der Waals surface area contributed by atoms with E-state index in [4.69, 9.17) is 16.6 Å². The highest BCUT2D eigenvalue weighted by Crippen LogP contribution is 2.24. The molecule has 142 valence electrons. The lowest BCUT2D eigenvalue weighted by molar-refractivity contribution is 0.181. The average molecular weight is 414 g/mol. The quantitative estimate of drug-likeness (QED) is 0.694. The van der Waals surface area contributed by atoms with Gasteiger partial charge >= 0.3 is 0 Å². The Balaban J connectivity index is 1.54. The fourth-order valence-electron chi connectivity index (χ4n) is 2.95. The lowest BCUT2D eigenvalue weighted by Crippen LogP contribution is -2.48. The van der Waals surface area contributed by atoms with Crippen LogP contribution in [0.15, 0.2) is 29.6 Å². The zero-order valence-electron chi connectivity index (χ0n) is 14.9. The Morgan fingerprint density at radius 2 is 1.85 bits per heavy atom. The molecule has 8 heteroatoms. The van der Waals surface area contributed by atoms with Gasteiger partial charge in [-0.3, -0.25) is 4.90 Å². The Hall–Kier alpha value is -0.990. The summed E-state index contributed by atoms with van der Waals surface area (Å²) in [5.74, 6) is 0.264. The Labute approximate surface area is 164 Å². The normalized spacial score (nSPS) is 16.8. The molecule has 2 aromatic rings. The number of sulfonamides is 1. The average Bonchev–Trinajstić information content (AvgIpc) is 3.09. The van der Waals surface area contributed by atoms with Crippen LogP contribution < -0.4 is 0 Å². The third-order valence-corrected chi connectivity index (χ3v) is 7.57. The minimum Gasteiger partial charge on any atom is -0.294 e. The minimum atomic E-state index is -3.09. The lowest BCUT2D eigenvalue weighted by Gasteiger charge is -2.33. The van der Waals surface area contributed by atoms with Crippen molar-refractivity contribution in [3.05, 3.63) is 39.7 Å². The Morgan fingerprint density at radius 3 is 2.50 bits per heavy atom. The maximum atomic E-state index is 12.3. The molecule has 1 saturated heterocycles. The van der Waals surface area contributed by atoms with Crippen molar-refractivity contribution in [2.45, 2.75) is 26.3 Å². The van der Waals surface area contributed by atoms with Gasteiger partial charge in [0.1, 0.15) is 5.01 Å². The van der Waals surface area contributed by atoms with Crippen molar-refractivity contribution < 1.29 is 8.42 Å². The zero-order chi connectivity index (χ0) is 18.6. The summed E-state index contributed by atoms with van der Waals surface area (Å²) >= 11 is 7.58. The molecule has 26 heavy (non-hydrogen) atoms. The molecule has 0 amide bonds. The first-order valence-electron chi connectivity index (χ1n) is 8.88. The molecular weight excluding hydrogens is 390 g/mol. The van der Waals surface area contributed by atoms with Crippen LogP contribution in [0.1, 0.15) is 24.8 Å². The van der Waals surface area contributed by atoms with E-state index in [9.17, 15) is 8.42 Å². The van der Waals surface area contributed by atoms with Gasteiger partial charge in [0, 0.05) is 42.1 Å². The van der Waals surface area contributed by atoms with Gasteiger partial charge in [-0.2, -0.15) is 4.31 Å². The van der Waals surface area contributed by atoms with E-state index in [1.54, 1.807) is 15.6 Å². The number of hydrogen-bond donors (Lipinski definition) is 0. The summed E-state index contributed by atoms with van der Waals surface area (Å²) in [6.45, 7) is 5.42. The number of unbranched alkanes of at least 4 members (excludes halogenated alkanes) is 1. The van der Waals surface area contributed by atoms with Gasteiger partial charge in [0.05, 0.1) is 18.0 Å². The summed E-state index contributed by atoms with van der Waals surface area (Å²) in [6, 6.07) is 7.68. The first-order valence-corrected chi connectivity index (χ1v) is 11.7. The van der Waals surface area contributed by atoms with Crippen molar-refractivity contribution in [3.63, 3.8) is 0 Å². The van der Waals surface area contributed by atoms with Crippen LogP contribution in [0.4, 0.5) is 0 Å². The van der Waals surface area contributed by atoms with E-state index in [0.717, 1.165) is 53.8 Å². The molecule has 0 atom stereocenters. The van der Waals surface area contributed by atoms with Gasteiger partial charge in [-0.05, 0) is 18.6 Å². The summed E-state index contributed by atoms with van der Waals surface area (Å²) in [4.78, 5) is 6.99. The molecule has 0 N–H and O–H groups in total. The highest BCUT2D eigenvalue weighted by atomic mass is 35.5. The molecule has 2 heterocycles. The van der Waals surface area contributed by atoms with Gasteiger partial charge in [0.25, 0.3) is 0 Å². The van der Waals surface area contributed by atoms with Crippen LogP contribution in [0.5, 0.6) is 0 Å². The topological polar surface area (TPSA) is 53.5 Å². The summed E-state index contributed by atoms with van der Waals surface area (Å²) in [5.41, 5.74) is 2.02. The molecule has 0 spiro atoms. The number of hydrogen-bond acceptors (Lipinski definition) is 5. The van der Waals surface area contributed by atoms with Crippen molar-refractivity contribution >= 4 is 33.0 Å². The molecule has 0 saturated carbocycles. The van der Waals surface area contributed by atoms with Crippen molar-refractivity contribution in [2.75, 3.05) is 31.9 Å². The summed E-state index contributed by atoms with van der Waals surface area (Å²) < 4.78 is 26.2. The summed E-state index contributed by atoms with van der Waals surface area (Å²) in [5, 5.41) is 3.83. The van der Waals surface area contributed by atoms with Crippen LogP contribution in [0.2, 0.25) is 5.02 Å². The van der Waals surface area contributed by atoms with E-state index in [2.05, 4.69) is 10.3 Å². The fraction of sp³-hybridized carbons (Fsp3) is 0.500. The minimum absolute atomic E-state index is 0.264. The first-order chi connectivity index (χ1) is 12.5. The Kier molecular flexibility index (Phi) is 6.69. The van der Waals surface area contributed by atoms with Crippen LogP contribution in [0.25, 0.3) is 11.3 Å².